The number of hydrogen-bond donors (Lipinski definition) is 0. The highest BCUT2D eigenvalue weighted by atomic mass is 16.5. The molecule has 0 aliphatic heterocycles. The van der Waals surface area contributed by atoms with Crippen LogP contribution in [0.4, 0.5) is 0 Å². The molecule has 12 heavy (non-hydrogen) atoms. The van der Waals surface area contributed by atoms with E-state index in [9.17, 15) is 4.79 Å². The minimum atomic E-state index is -0.338. The molecule has 0 saturated carbocycles. The third-order valence-electron chi connectivity index (χ3n) is 1.33. The van der Waals surface area contributed by atoms with E-state index in [1.54, 1.807) is 18.6 Å². The second kappa shape index (κ2) is 4.33. The highest BCUT2D eigenvalue weighted by Crippen LogP contribution is 1.87. The summed E-state index contributed by atoms with van der Waals surface area (Å²) in [6.07, 6.45) is 8.29. The van der Waals surface area contributed by atoms with Crippen LogP contribution in [0.3, 0.4) is 0 Å². The highest BCUT2D eigenvalue weighted by Gasteiger charge is 1.89. The van der Waals surface area contributed by atoms with Crippen molar-refractivity contribution < 1.29 is 9.53 Å². The largest absolute Gasteiger partial charge is 0.466 e. The maximum absolute atomic E-state index is 10.6. The topological polar surface area (TPSA) is 44.1 Å². The van der Waals surface area contributed by atoms with E-state index in [0.717, 1.165) is 0 Å². The van der Waals surface area contributed by atoms with Crippen LogP contribution in [0.25, 0.3) is 0 Å². The summed E-state index contributed by atoms with van der Waals surface area (Å²) >= 11 is 0. The lowest BCUT2D eigenvalue weighted by atomic mass is 10.5. The Morgan fingerprint density at radius 3 is 3.17 bits per heavy atom. The van der Waals surface area contributed by atoms with Crippen LogP contribution in [0.2, 0.25) is 0 Å². The third kappa shape index (κ3) is 2.57. The van der Waals surface area contributed by atoms with E-state index in [2.05, 4.69) is 9.72 Å². The molecule has 0 bridgehead atoms. The van der Waals surface area contributed by atoms with Crippen LogP contribution in [-0.4, -0.2) is 22.6 Å². The molecule has 0 saturated heterocycles. The molecule has 0 unspecified atom stereocenters. The number of carbonyl (C=O) groups is 1. The molecule has 0 N–H and O–H groups in total. The van der Waals surface area contributed by atoms with Crippen molar-refractivity contribution >= 4 is 5.97 Å². The van der Waals surface area contributed by atoms with E-state index >= 15 is 0 Å². The van der Waals surface area contributed by atoms with E-state index in [1.165, 1.54) is 13.2 Å². The van der Waals surface area contributed by atoms with Crippen molar-refractivity contribution in [3.63, 3.8) is 0 Å². The highest BCUT2D eigenvalue weighted by molar-refractivity contribution is 5.81. The van der Waals surface area contributed by atoms with Gasteiger partial charge in [0.1, 0.15) is 0 Å². The molecule has 1 rings (SSSR count). The van der Waals surface area contributed by atoms with Gasteiger partial charge in [-0.25, -0.2) is 9.78 Å². The maximum atomic E-state index is 10.6. The van der Waals surface area contributed by atoms with Gasteiger partial charge >= 0.3 is 5.97 Å². The number of rotatable bonds is 3. The van der Waals surface area contributed by atoms with Gasteiger partial charge in [-0.3, -0.25) is 0 Å². The Kier molecular flexibility index (Phi) is 3.07. The van der Waals surface area contributed by atoms with Crippen LogP contribution in [0.1, 0.15) is 0 Å². The summed E-state index contributed by atoms with van der Waals surface area (Å²) in [5.41, 5.74) is 0. The summed E-state index contributed by atoms with van der Waals surface area (Å²) in [5, 5.41) is 0. The summed E-state index contributed by atoms with van der Waals surface area (Å²) in [6.45, 7) is 0.634. The van der Waals surface area contributed by atoms with Crippen molar-refractivity contribution in [1.82, 2.24) is 9.55 Å². The Morgan fingerprint density at radius 2 is 2.58 bits per heavy atom. The molecule has 0 radical (unpaired) electrons. The van der Waals surface area contributed by atoms with Gasteiger partial charge in [-0.05, 0) is 0 Å². The molecule has 0 amide bonds. The van der Waals surface area contributed by atoms with Crippen LogP contribution in [0.5, 0.6) is 0 Å². The van der Waals surface area contributed by atoms with Crippen molar-refractivity contribution in [2.45, 2.75) is 6.54 Å². The predicted molar refractivity (Wildman–Crippen MR) is 43.4 cm³/mol. The first kappa shape index (κ1) is 8.52. The zero-order valence-electron chi connectivity index (χ0n) is 6.80. The third-order valence-corrected chi connectivity index (χ3v) is 1.33. The van der Waals surface area contributed by atoms with Gasteiger partial charge in [0, 0.05) is 25.0 Å². The summed E-state index contributed by atoms with van der Waals surface area (Å²) in [6, 6.07) is 0. The van der Waals surface area contributed by atoms with Crippen molar-refractivity contribution in [2.24, 2.45) is 0 Å². The molecule has 1 heterocycles. The molecule has 4 nitrogen and oxygen atoms in total. The SMILES string of the molecule is COC(=O)/C=C/Cn1ccnc1. The van der Waals surface area contributed by atoms with Gasteiger partial charge in [0.25, 0.3) is 0 Å². The fourth-order valence-electron chi connectivity index (χ4n) is 0.733. The van der Waals surface area contributed by atoms with Crippen molar-refractivity contribution in [1.29, 1.82) is 0 Å². The summed E-state index contributed by atoms with van der Waals surface area (Å²) in [4.78, 5) is 14.5. The monoisotopic (exact) mass is 166 g/mol. The zero-order chi connectivity index (χ0) is 8.81. The lowest BCUT2D eigenvalue weighted by molar-refractivity contribution is -0.134. The zero-order valence-corrected chi connectivity index (χ0v) is 6.80. The first-order chi connectivity index (χ1) is 5.83. The van der Waals surface area contributed by atoms with Crippen LogP contribution >= 0.6 is 0 Å². The summed E-state index contributed by atoms with van der Waals surface area (Å²) in [5.74, 6) is -0.338. The first-order valence-electron chi connectivity index (χ1n) is 3.53. The van der Waals surface area contributed by atoms with E-state index in [-0.39, 0.29) is 5.97 Å². The predicted octanol–water partition coefficient (Wildman–Crippen LogP) is 0.612. The number of aromatic nitrogens is 2. The smallest absolute Gasteiger partial charge is 0.330 e. The van der Waals surface area contributed by atoms with Gasteiger partial charge < -0.3 is 9.30 Å². The molecule has 1 aromatic heterocycles. The normalized spacial score (nSPS) is 10.4. The van der Waals surface area contributed by atoms with E-state index in [0.29, 0.717) is 6.54 Å². The van der Waals surface area contributed by atoms with E-state index in [4.69, 9.17) is 0 Å². The number of esters is 1. The van der Waals surface area contributed by atoms with Gasteiger partial charge in [-0.2, -0.15) is 0 Å². The molecule has 0 fully saturated rings. The summed E-state index contributed by atoms with van der Waals surface area (Å²) < 4.78 is 6.27. The Bertz CT molecular complexity index is 265. The number of allylic oxidation sites excluding steroid dienone is 1. The van der Waals surface area contributed by atoms with Crippen molar-refractivity contribution in [3.05, 3.63) is 30.9 Å². The van der Waals surface area contributed by atoms with Gasteiger partial charge in [-0.15, -0.1) is 0 Å². The van der Waals surface area contributed by atoms with Crippen molar-refractivity contribution in [2.75, 3.05) is 7.11 Å². The Morgan fingerprint density at radius 1 is 1.75 bits per heavy atom. The Hall–Kier alpha value is -1.58. The number of ether oxygens (including phenoxy) is 1. The van der Waals surface area contributed by atoms with Crippen LogP contribution < -0.4 is 0 Å². The molecule has 0 atom stereocenters. The average Bonchev–Trinajstić information content (AvgIpc) is 2.57. The Balaban J connectivity index is 2.35. The molecule has 0 aliphatic rings. The van der Waals surface area contributed by atoms with E-state index < -0.39 is 0 Å². The lowest BCUT2D eigenvalue weighted by Gasteiger charge is -1.93. The first-order valence-corrected chi connectivity index (χ1v) is 3.53. The molecule has 0 aromatic carbocycles. The minimum absolute atomic E-state index is 0.338. The molecule has 0 aliphatic carbocycles. The van der Waals surface area contributed by atoms with Crippen molar-refractivity contribution in [3.8, 4) is 0 Å². The molecule has 4 heteroatoms. The van der Waals surface area contributed by atoms with Gasteiger partial charge in [0.2, 0.25) is 0 Å². The second-order valence-corrected chi connectivity index (χ2v) is 2.19. The lowest BCUT2D eigenvalue weighted by Crippen LogP contribution is -1.96. The average molecular weight is 166 g/mol. The number of hydrogen-bond acceptors (Lipinski definition) is 3. The molecule has 0 spiro atoms. The van der Waals surface area contributed by atoms with Crippen LogP contribution in [-0.2, 0) is 16.1 Å². The molecular weight excluding hydrogens is 156 g/mol. The molecule has 64 valence electrons. The number of methoxy groups -OCH3 is 1. The van der Waals surface area contributed by atoms with Gasteiger partial charge in [0.15, 0.2) is 0 Å². The quantitative estimate of drug-likeness (QED) is 0.488. The van der Waals surface area contributed by atoms with E-state index in [1.807, 2.05) is 10.8 Å². The Labute approximate surface area is 70.5 Å². The fourth-order valence-corrected chi connectivity index (χ4v) is 0.733. The second-order valence-electron chi connectivity index (χ2n) is 2.19. The summed E-state index contributed by atoms with van der Waals surface area (Å²) in [7, 11) is 1.35. The van der Waals surface area contributed by atoms with Crippen LogP contribution in [0, 0.1) is 0 Å². The fraction of sp³-hybridized carbons (Fsp3) is 0.250. The van der Waals surface area contributed by atoms with Gasteiger partial charge in [-0.1, -0.05) is 6.08 Å². The number of imidazole rings is 1. The van der Waals surface area contributed by atoms with Crippen LogP contribution in [0.15, 0.2) is 30.9 Å². The number of carbonyl (C=O) groups excluding carboxylic acids is 1. The molecular formula is C8H10N2O2. The minimum Gasteiger partial charge on any atom is -0.466 e. The maximum Gasteiger partial charge on any atom is 0.330 e. The standard InChI is InChI=1S/C8H10N2O2/c1-12-8(11)3-2-5-10-6-4-9-7-10/h2-4,6-7H,5H2,1H3/b3-2+. The van der Waals surface area contributed by atoms with Gasteiger partial charge in [0.05, 0.1) is 13.4 Å². The molecule has 1 aromatic rings. The number of nitrogens with zero attached hydrogens (tertiary/aromatic N) is 2.